The number of benzene rings is 1. The van der Waals surface area contributed by atoms with Crippen LogP contribution in [0.3, 0.4) is 0 Å². The van der Waals surface area contributed by atoms with Crippen molar-refractivity contribution in [2.45, 2.75) is 46.5 Å². The Labute approximate surface area is 164 Å². The predicted molar refractivity (Wildman–Crippen MR) is 118 cm³/mol. The van der Waals surface area contributed by atoms with E-state index < -0.39 is 0 Å². The molecular formula is C26H32O. The Bertz CT molecular complexity index is 811. The minimum atomic E-state index is -0.0432. The van der Waals surface area contributed by atoms with Gasteiger partial charge in [-0.15, -0.1) is 6.58 Å². The molecule has 27 heavy (non-hydrogen) atoms. The fraction of sp³-hybridized carbons (Fsp3) is 0.346. The summed E-state index contributed by atoms with van der Waals surface area (Å²) >= 11 is 0. The lowest BCUT2D eigenvalue weighted by Crippen LogP contribution is -2.21. The second-order valence-electron chi connectivity index (χ2n) is 8.42. The summed E-state index contributed by atoms with van der Waals surface area (Å²) in [6.07, 6.45) is 11.8. The monoisotopic (exact) mass is 360 g/mol. The van der Waals surface area contributed by atoms with Gasteiger partial charge in [-0.1, -0.05) is 71.2 Å². The topological polar surface area (TPSA) is 17.1 Å². The van der Waals surface area contributed by atoms with E-state index in [2.05, 4.69) is 71.7 Å². The number of ketones is 1. The van der Waals surface area contributed by atoms with Gasteiger partial charge in [-0.3, -0.25) is 4.79 Å². The SMILES string of the molecule is C=CCC(CC)c1cc(C(=O)C=C)cc(C2=CC(=C)C(C(C)(C)C)C=C2)c1. The molecule has 2 rings (SSSR count). The molecule has 0 saturated carbocycles. The molecule has 2 atom stereocenters. The van der Waals surface area contributed by atoms with Crippen LogP contribution in [0.25, 0.3) is 5.57 Å². The molecule has 1 heteroatoms. The average molecular weight is 361 g/mol. The highest BCUT2D eigenvalue weighted by atomic mass is 16.1. The van der Waals surface area contributed by atoms with Gasteiger partial charge in [0.2, 0.25) is 0 Å². The maximum absolute atomic E-state index is 12.3. The van der Waals surface area contributed by atoms with Crippen LogP contribution in [-0.4, -0.2) is 5.78 Å². The first-order valence-electron chi connectivity index (χ1n) is 9.73. The normalized spacial score (nSPS) is 18.0. The molecule has 0 spiro atoms. The van der Waals surface area contributed by atoms with Crippen molar-refractivity contribution in [2.75, 3.05) is 0 Å². The summed E-state index contributed by atoms with van der Waals surface area (Å²) < 4.78 is 0. The molecule has 0 aliphatic heterocycles. The average Bonchev–Trinajstić information content (AvgIpc) is 2.63. The van der Waals surface area contributed by atoms with Crippen LogP contribution in [0.4, 0.5) is 0 Å². The first-order chi connectivity index (χ1) is 12.7. The van der Waals surface area contributed by atoms with Crippen molar-refractivity contribution in [1.82, 2.24) is 0 Å². The summed E-state index contributed by atoms with van der Waals surface area (Å²) in [5.74, 6) is 0.638. The third kappa shape index (κ3) is 4.86. The first kappa shape index (κ1) is 20.9. The molecule has 1 aliphatic rings. The van der Waals surface area contributed by atoms with Crippen LogP contribution in [0.1, 0.15) is 67.9 Å². The van der Waals surface area contributed by atoms with E-state index in [1.807, 2.05) is 18.2 Å². The largest absolute Gasteiger partial charge is 0.289 e. The van der Waals surface area contributed by atoms with Crippen LogP contribution < -0.4 is 0 Å². The number of carbonyl (C=O) groups is 1. The van der Waals surface area contributed by atoms with E-state index in [1.54, 1.807) is 0 Å². The molecule has 1 aliphatic carbocycles. The fourth-order valence-corrected chi connectivity index (χ4v) is 3.74. The molecular weight excluding hydrogens is 328 g/mol. The highest BCUT2D eigenvalue weighted by Gasteiger charge is 2.26. The highest BCUT2D eigenvalue weighted by Crippen LogP contribution is 2.38. The van der Waals surface area contributed by atoms with Gasteiger partial charge in [0, 0.05) is 11.5 Å². The maximum Gasteiger partial charge on any atom is 0.185 e. The zero-order valence-corrected chi connectivity index (χ0v) is 17.2. The third-order valence-corrected chi connectivity index (χ3v) is 5.32. The van der Waals surface area contributed by atoms with Crippen LogP contribution >= 0.6 is 0 Å². The molecule has 142 valence electrons. The van der Waals surface area contributed by atoms with Gasteiger partial charge in [-0.2, -0.15) is 0 Å². The Morgan fingerprint density at radius 2 is 1.93 bits per heavy atom. The van der Waals surface area contributed by atoms with Gasteiger partial charge in [0.1, 0.15) is 0 Å². The summed E-state index contributed by atoms with van der Waals surface area (Å²) in [5.41, 5.74) is 5.29. The second kappa shape index (κ2) is 8.52. The molecule has 0 saturated heterocycles. The van der Waals surface area contributed by atoms with E-state index in [0.717, 1.165) is 29.6 Å². The summed E-state index contributed by atoms with van der Waals surface area (Å²) in [7, 11) is 0. The van der Waals surface area contributed by atoms with Crippen LogP contribution in [-0.2, 0) is 0 Å². The Hall–Kier alpha value is -2.41. The van der Waals surface area contributed by atoms with Gasteiger partial charge in [-0.25, -0.2) is 0 Å². The molecule has 2 unspecified atom stereocenters. The number of allylic oxidation sites excluding steroid dienone is 7. The molecule has 1 aromatic rings. The van der Waals surface area contributed by atoms with Gasteiger partial charge >= 0.3 is 0 Å². The molecule has 1 nitrogen and oxygen atoms in total. The van der Waals surface area contributed by atoms with Crippen LogP contribution in [0.2, 0.25) is 0 Å². The Morgan fingerprint density at radius 1 is 1.22 bits per heavy atom. The molecule has 0 aromatic heterocycles. The first-order valence-corrected chi connectivity index (χ1v) is 9.73. The number of rotatable bonds is 7. The Balaban J connectivity index is 2.52. The van der Waals surface area contributed by atoms with Crippen LogP contribution in [0.5, 0.6) is 0 Å². The minimum absolute atomic E-state index is 0.0432. The maximum atomic E-state index is 12.3. The fourth-order valence-electron chi connectivity index (χ4n) is 3.74. The van der Waals surface area contributed by atoms with Crippen molar-refractivity contribution >= 4 is 11.4 Å². The van der Waals surface area contributed by atoms with Crippen LogP contribution in [0.15, 0.2) is 73.9 Å². The smallest absolute Gasteiger partial charge is 0.185 e. The zero-order chi connectivity index (χ0) is 20.2. The zero-order valence-electron chi connectivity index (χ0n) is 17.2. The van der Waals surface area contributed by atoms with Crippen LogP contribution in [0, 0.1) is 11.3 Å². The second-order valence-corrected chi connectivity index (χ2v) is 8.42. The van der Waals surface area contributed by atoms with E-state index in [4.69, 9.17) is 0 Å². The van der Waals surface area contributed by atoms with Crippen molar-refractivity contribution < 1.29 is 4.79 Å². The minimum Gasteiger partial charge on any atom is -0.289 e. The van der Waals surface area contributed by atoms with E-state index in [0.29, 0.717) is 17.4 Å². The summed E-state index contributed by atoms with van der Waals surface area (Å²) in [4.78, 5) is 12.3. The van der Waals surface area contributed by atoms with E-state index in [9.17, 15) is 4.79 Å². The molecule has 0 bridgehead atoms. The summed E-state index contributed by atoms with van der Waals surface area (Å²) in [5, 5.41) is 0. The van der Waals surface area contributed by atoms with Gasteiger partial charge in [-0.05, 0) is 64.7 Å². The molecule has 0 radical (unpaired) electrons. The standard InChI is InChI=1S/C26H32O/c1-8-11-19(9-2)21-15-22(17-23(16-21)25(27)10-3)20-12-13-24(18(4)14-20)26(5,6)7/h8,10,12-17,19,24H,1,3-4,9,11H2,2,5-7H3. The van der Waals surface area contributed by atoms with Crippen molar-refractivity contribution in [3.05, 3.63) is 90.6 Å². The number of carbonyl (C=O) groups excluding carboxylic acids is 1. The molecule has 0 amide bonds. The Morgan fingerprint density at radius 3 is 2.44 bits per heavy atom. The van der Waals surface area contributed by atoms with Gasteiger partial charge < -0.3 is 0 Å². The summed E-state index contributed by atoms with van der Waals surface area (Å²) in [6, 6.07) is 6.18. The Kier molecular flexibility index (Phi) is 6.59. The third-order valence-electron chi connectivity index (χ3n) is 5.32. The highest BCUT2D eigenvalue weighted by molar-refractivity contribution is 6.05. The van der Waals surface area contributed by atoms with E-state index >= 15 is 0 Å². The molecule has 0 heterocycles. The number of hydrogen-bond acceptors (Lipinski definition) is 1. The lowest BCUT2D eigenvalue weighted by molar-refractivity contribution is 0.104. The number of hydrogen-bond donors (Lipinski definition) is 0. The molecule has 0 fully saturated rings. The van der Waals surface area contributed by atoms with E-state index in [-0.39, 0.29) is 11.2 Å². The lowest BCUT2D eigenvalue weighted by Gasteiger charge is -2.31. The van der Waals surface area contributed by atoms with E-state index in [1.165, 1.54) is 11.6 Å². The molecule has 0 N–H and O–H groups in total. The van der Waals surface area contributed by atoms with Crippen molar-refractivity contribution in [2.24, 2.45) is 11.3 Å². The van der Waals surface area contributed by atoms with Crippen molar-refractivity contribution in [3.8, 4) is 0 Å². The summed E-state index contributed by atoms with van der Waals surface area (Å²) in [6.45, 7) is 20.7. The van der Waals surface area contributed by atoms with Crippen molar-refractivity contribution in [3.63, 3.8) is 0 Å². The quantitative estimate of drug-likeness (QED) is 0.283. The van der Waals surface area contributed by atoms with Gasteiger partial charge in [0.25, 0.3) is 0 Å². The van der Waals surface area contributed by atoms with Gasteiger partial charge in [0.15, 0.2) is 5.78 Å². The lowest BCUT2D eigenvalue weighted by atomic mass is 9.73. The predicted octanol–water partition coefficient (Wildman–Crippen LogP) is 7.30. The van der Waals surface area contributed by atoms with Gasteiger partial charge in [0.05, 0.1) is 0 Å². The molecule has 1 aromatic carbocycles. The van der Waals surface area contributed by atoms with Crippen molar-refractivity contribution in [1.29, 1.82) is 0 Å².